The standard InChI is InChI=1S/C19H25N3O2/c1-13(20)15-8-10-22(11-9-15)18(23)12-17-14(2)24-19(21-17)16-6-4-3-5-7-16/h3-7,13,15H,8-12,20H2,1-2H3. The Labute approximate surface area is 142 Å². The Kier molecular flexibility index (Phi) is 5.00. The lowest BCUT2D eigenvalue weighted by molar-refractivity contribution is -0.132. The van der Waals surface area contributed by atoms with Crippen LogP contribution in [-0.4, -0.2) is 34.9 Å². The molecule has 1 atom stereocenters. The molecule has 1 aliphatic heterocycles. The van der Waals surface area contributed by atoms with Crippen molar-refractivity contribution in [3.63, 3.8) is 0 Å². The van der Waals surface area contributed by atoms with Gasteiger partial charge in [-0.05, 0) is 44.7 Å². The molecule has 0 radical (unpaired) electrons. The lowest BCUT2D eigenvalue weighted by atomic mass is 9.91. The molecule has 1 saturated heterocycles. The van der Waals surface area contributed by atoms with E-state index in [-0.39, 0.29) is 11.9 Å². The van der Waals surface area contributed by atoms with E-state index in [9.17, 15) is 4.79 Å². The second-order valence-electron chi connectivity index (χ2n) is 6.64. The van der Waals surface area contributed by atoms with Crippen LogP contribution < -0.4 is 5.73 Å². The Hall–Kier alpha value is -2.14. The molecule has 2 aromatic rings. The molecular formula is C19H25N3O2. The first kappa shape index (κ1) is 16.7. The molecule has 5 nitrogen and oxygen atoms in total. The van der Waals surface area contributed by atoms with E-state index in [0.29, 0.717) is 24.0 Å². The number of hydrogen-bond donors (Lipinski definition) is 1. The number of aromatic nitrogens is 1. The average molecular weight is 327 g/mol. The summed E-state index contributed by atoms with van der Waals surface area (Å²) in [5.74, 6) is 1.93. The minimum absolute atomic E-state index is 0.120. The first-order valence-electron chi connectivity index (χ1n) is 8.59. The molecular weight excluding hydrogens is 302 g/mol. The summed E-state index contributed by atoms with van der Waals surface area (Å²) in [6, 6.07) is 9.96. The van der Waals surface area contributed by atoms with Gasteiger partial charge in [-0.3, -0.25) is 4.79 Å². The van der Waals surface area contributed by atoms with E-state index < -0.39 is 0 Å². The number of carbonyl (C=O) groups excluding carboxylic acids is 1. The zero-order valence-corrected chi connectivity index (χ0v) is 14.4. The fraction of sp³-hybridized carbons (Fsp3) is 0.474. The van der Waals surface area contributed by atoms with Gasteiger partial charge in [0.05, 0.1) is 12.1 Å². The van der Waals surface area contributed by atoms with Crippen LogP contribution in [0.25, 0.3) is 11.5 Å². The van der Waals surface area contributed by atoms with Crippen LogP contribution in [0.2, 0.25) is 0 Å². The number of nitrogens with two attached hydrogens (primary N) is 1. The lowest BCUT2D eigenvalue weighted by Gasteiger charge is -2.33. The number of aryl methyl sites for hydroxylation is 1. The van der Waals surface area contributed by atoms with Crippen molar-refractivity contribution in [3.8, 4) is 11.5 Å². The number of likely N-dealkylation sites (tertiary alicyclic amines) is 1. The number of carbonyl (C=O) groups is 1. The Balaban J connectivity index is 1.64. The van der Waals surface area contributed by atoms with Gasteiger partial charge in [0, 0.05) is 24.7 Å². The Morgan fingerprint density at radius 2 is 2.00 bits per heavy atom. The molecule has 128 valence electrons. The predicted octanol–water partition coefficient (Wildman–Crippen LogP) is 2.78. The smallest absolute Gasteiger partial charge is 0.228 e. The summed E-state index contributed by atoms with van der Waals surface area (Å²) in [5, 5.41) is 0. The number of oxazole rings is 1. The zero-order chi connectivity index (χ0) is 17.1. The van der Waals surface area contributed by atoms with Gasteiger partial charge in [-0.2, -0.15) is 0 Å². The molecule has 2 N–H and O–H groups in total. The Bertz CT molecular complexity index is 686. The van der Waals surface area contributed by atoms with Gasteiger partial charge in [-0.1, -0.05) is 18.2 Å². The number of piperidine rings is 1. The van der Waals surface area contributed by atoms with E-state index in [2.05, 4.69) is 4.98 Å². The second-order valence-corrected chi connectivity index (χ2v) is 6.64. The van der Waals surface area contributed by atoms with Crippen molar-refractivity contribution in [2.75, 3.05) is 13.1 Å². The molecule has 2 heterocycles. The van der Waals surface area contributed by atoms with Crippen molar-refractivity contribution < 1.29 is 9.21 Å². The molecule has 0 bridgehead atoms. The number of hydrogen-bond acceptors (Lipinski definition) is 4. The molecule has 0 aliphatic carbocycles. The van der Waals surface area contributed by atoms with Crippen LogP contribution in [-0.2, 0) is 11.2 Å². The predicted molar refractivity (Wildman–Crippen MR) is 93.3 cm³/mol. The fourth-order valence-electron chi connectivity index (χ4n) is 3.23. The van der Waals surface area contributed by atoms with E-state index in [1.807, 2.05) is 49.1 Å². The van der Waals surface area contributed by atoms with E-state index in [1.165, 1.54) is 0 Å². The number of amides is 1. The van der Waals surface area contributed by atoms with Crippen LogP contribution in [0.3, 0.4) is 0 Å². The highest BCUT2D eigenvalue weighted by Gasteiger charge is 2.26. The van der Waals surface area contributed by atoms with Crippen molar-refractivity contribution in [2.45, 2.75) is 39.2 Å². The fourth-order valence-corrected chi connectivity index (χ4v) is 3.23. The maximum Gasteiger partial charge on any atom is 0.228 e. The molecule has 1 aliphatic rings. The summed E-state index contributed by atoms with van der Waals surface area (Å²) in [5.41, 5.74) is 7.62. The Morgan fingerprint density at radius 3 is 2.62 bits per heavy atom. The summed E-state index contributed by atoms with van der Waals surface area (Å²) < 4.78 is 5.74. The van der Waals surface area contributed by atoms with E-state index in [1.54, 1.807) is 0 Å². The summed E-state index contributed by atoms with van der Waals surface area (Å²) in [4.78, 5) is 19.0. The minimum atomic E-state index is 0.120. The first-order chi connectivity index (χ1) is 11.5. The van der Waals surface area contributed by atoms with Gasteiger partial charge in [0.2, 0.25) is 11.8 Å². The van der Waals surface area contributed by atoms with Crippen LogP contribution >= 0.6 is 0 Å². The van der Waals surface area contributed by atoms with Gasteiger partial charge in [-0.25, -0.2) is 4.98 Å². The van der Waals surface area contributed by atoms with Crippen LogP contribution in [0.1, 0.15) is 31.2 Å². The van der Waals surface area contributed by atoms with Gasteiger partial charge in [0.1, 0.15) is 5.76 Å². The SMILES string of the molecule is Cc1oc(-c2ccccc2)nc1CC(=O)N1CCC(C(C)N)CC1. The summed E-state index contributed by atoms with van der Waals surface area (Å²) >= 11 is 0. The molecule has 24 heavy (non-hydrogen) atoms. The maximum absolute atomic E-state index is 12.6. The highest BCUT2D eigenvalue weighted by Crippen LogP contribution is 2.23. The second kappa shape index (κ2) is 7.18. The van der Waals surface area contributed by atoms with Crippen LogP contribution in [0.15, 0.2) is 34.7 Å². The molecule has 1 aromatic heterocycles. The highest BCUT2D eigenvalue weighted by molar-refractivity contribution is 5.78. The van der Waals surface area contributed by atoms with Crippen molar-refractivity contribution in [3.05, 3.63) is 41.8 Å². The van der Waals surface area contributed by atoms with Crippen LogP contribution in [0.4, 0.5) is 0 Å². The van der Waals surface area contributed by atoms with E-state index in [0.717, 1.165) is 37.2 Å². The van der Waals surface area contributed by atoms with Gasteiger partial charge >= 0.3 is 0 Å². The quantitative estimate of drug-likeness (QED) is 0.937. The third-order valence-electron chi connectivity index (χ3n) is 4.87. The molecule has 1 aromatic carbocycles. The molecule has 1 unspecified atom stereocenters. The number of nitrogens with zero attached hydrogens (tertiary/aromatic N) is 2. The van der Waals surface area contributed by atoms with E-state index >= 15 is 0 Å². The average Bonchev–Trinajstić information content (AvgIpc) is 2.96. The molecule has 1 amide bonds. The molecule has 5 heteroatoms. The summed E-state index contributed by atoms with van der Waals surface area (Å²) in [6.45, 7) is 5.48. The van der Waals surface area contributed by atoms with Crippen molar-refractivity contribution in [2.24, 2.45) is 11.7 Å². The van der Waals surface area contributed by atoms with Gasteiger partial charge in [0.15, 0.2) is 0 Å². The Morgan fingerprint density at radius 1 is 1.33 bits per heavy atom. The van der Waals surface area contributed by atoms with Crippen molar-refractivity contribution >= 4 is 5.91 Å². The van der Waals surface area contributed by atoms with E-state index in [4.69, 9.17) is 10.2 Å². The van der Waals surface area contributed by atoms with Gasteiger partial charge in [-0.15, -0.1) is 0 Å². The van der Waals surface area contributed by atoms with Crippen molar-refractivity contribution in [1.82, 2.24) is 9.88 Å². The maximum atomic E-state index is 12.6. The van der Waals surface area contributed by atoms with Gasteiger partial charge < -0.3 is 15.1 Å². The molecule has 0 saturated carbocycles. The van der Waals surface area contributed by atoms with Gasteiger partial charge in [0.25, 0.3) is 0 Å². The molecule has 3 rings (SSSR count). The molecule has 1 fully saturated rings. The minimum Gasteiger partial charge on any atom is -0.441 e. The topological polar surface area (TPSA) is 72.4 Å². The first-order valence-corrected chi connectivity index (χ1v) is 8.59. The molecule has 0 spiro atoms. The summed E-state index contributed by atoms with van der Waals surface area (Å²) in [6.07, 6.45) is 2.26. The zero-order valence-electron chi connectivity index (χ0n) is 14.4. The highest BCUT2D eigenvalue weighted by atomic mass is 16.4. The monoisotopic (exact) mass is 327 g/mol. The number of benzene rings is 1. The lowest BCUT2D eigenvalue weighted by Crippen LogP contribution is -2.43. The normalized spacial score (nSPS) is 17.0. The largest absolute Gasteiger partial charge is 0.441 e. The van der Waals surface area contributed by atoms with Crippen LogP contribution in [0.5, 0.6) is 0 Å². The summed E-state index contributed by atoms with van der Waals surface area (Å²) in [7, 11) is 0. The third-order valence-corrected chi connectivity index (χ3v) is 4.87. The number of rotatable bonds is 4. The van der Waals surface area contributed by atoms with Crippen LogP contribution in [0, 0.1) is 12.8 Å². The third kappa shape index (κ3) is 3.67. The van der Waals surface area contributed by atoms with Crippen molar-refractivity contribution in [1.29, 1.82) is 0 Å².